The third-order valence-corrected chi connectivity index (χ3v) is 3.94. The Morgan fingerprint density at radius 1 is 1.33 bits per heavy atom. The van der Waals surface area contributed by atoms with E-state index >= 15 is 0 Å². The molecule has 6 nitrogen and oxygen atoms in total. The van der Waals surface area contributed by atoms with Gasteiger partial charge in [0.2, 0.25) is 0 Å². The zero-order valence-electron chi connectivity index (χ0n) is 14.4. The van der Waals surface area contributed by atoms with Gasteiger partial charge >= 0.3 is 12.1 Å². The molecule has 1 heterocycles. The van der Waals surface area contributed by atoms with Crippen LogP contribution >= 0.6 is 11.6 Å². The van der Waals surface area contributed by atoms with Crippen LogP contribution in [0.3, 0.4) is 0 Å². The fourth-order valence-electron chi connectivity index (χ4n) is 2.49. The summed E-state index contributed by atoms with van der Waals surface area (Å²) in [7, 11) is 1.31. The van der Waals surface area contributed by atoms with Crippen molar-refractivity contribution >= 4 is 23.7 Å². The van der Waals surface area contributed by atoms with E-state index in [1.54, 1.807) is 17.0 Å². The Labute approximate surface area is 147 Å². The molecule has 0 radical (unpaired) electrons. The van der Waals surface area contributed by atoms with Crippen LogP contribution < -0.4 is 5.32 Å². The lowest BCUT2D eigenvalue weighted by atomic mass is 10.0. The summed E-state index contributed by atoms with van der Waals surface area (Å²) in [5.41, 5.74) is 0.701. The summed E-state index contributed by atoms with van der Waals surface area (Å²) in [4.78, 5) is 25.5. The lowest BCUT2D eigenvalue weighted by Gasteiger charge is -2.35. The van der Waals surface area contributed by atoms with Crippen LogP contribution in [-0.4, -0.2) is 49.3 Å². The molecule has 0 aliphatic carbocycles. The Morgan fingerprint density at radius 2 is 2.04 bits per heavy atom. The highest BCUT2D eigenvalue weighted by Gasteiger charge is 2.28. The molecule has 0 aromatic heterocycles. The fourth-order valence-corrected chi connectivity index (χ4v) is 2.76. The van der Waals surface area contributed by atoms with Crippen molar-refractivity contribution in [1.29, 1.82) is 0 Å². The van der Waals surface area contributed by atoms with Gasteiger partial charge in [-0.05, 0) is 38.5 Å². The lowest BCUT2D eigenvalue weighted by molar-refractivity contribution is 0.0195. The Bertz CT molecular complexity index is 628. The first kappa shape index (κ1) is 18.5. The van der Waals surface area contributed by atoms with Gasteiger partial charge in [-0.3, -0.25) is 0 Å². The van der Waals surface area contributed by atoms with Crippen LogP contribution in [-0.2, 0) is 9.47 Å². The number of hydrogen-bond acceptors (Lipinski definition) is 5. The second-order valence-electron chi connectivity index (χ2n) is 6.66. The summed E-state index contributed by atoms with van der Waals surface area (Å²) >= 11 is 6.17. The predicted octanol–water partition coefficient (Wildman–Crippen LogP) is 3.01. The van der Waals surface area contributed by atoms with Crippen molar-refractivity contribution < 1.29 is 19.1 Å². The second kappa shape index (κ2) is 7.40. The topological polar surface area (TPSA) is 67.9 Å². The summed E-state index contributed by atoms with van der Waals surface area (Å²) in [5.74, 6) is -0.474. The molecule has 132 valence electrons. The molecule has 1 aliphatic heterocycles. The van der Waals surface area contributed by atoms with Crippen molar-refractivity contribution in [2.45, 2.75) is 32.4 Å². The summed E-state index contributed by atoms with van der Waals surface area (Å²) in [6.07, 6.45) is -0.328. The Morgan fingerprint density at radius 3 is 2.62 bits per heavy atom. The summed E-state index contributed by atoms with van der Waals surface area (Å²) in [5, 5.41) is 3.68. The molecule has 1 atom stereocenters. The molecule has 0 saturated carbocycles. The Hall–Kier alpha value is -1.79. The number of carbonyl (C=O) groups is 2. The molecule has 1 N–H and O–H groups in total. The second-order valence-corrected chi connectivity index (χ2v) is 7.07. The molecule has 1 unspecified atom stereocenters. The van der Waals surface area contributed by atoms with Crippen molar-refractivity contribution in [3.05, 3.63) is 34.3 Å². The number of nitrogens with zero attached hydrogens (tertiary/aromatic N) is 1. The van der Waals surface area contributed by atoms with E-state index in [2.05, 4.69) is 10.1 Å². The molecule has 0 spiro atoms. The van der Waals surface area contributed by atoms with E-state index in [1.165, 1.54) is 7.11 Å². The van der Waals surface area contributed by atoms with E-state index in [1.807, 2.05) is 26.8 Å². The Kier molecular flexibility index (Phi) is 5.72. The summed E-state index contributed by atoms with van der Waals surface area (Å²) in [6.45, 7) is 7.24. The van der Waals surface area contributed by atoms with Crippen molar-refractivity contribution in [3.8, 4) is 0 Å². The molecule has 2 rings (SSSR count). The molecule has 1 amide bonds. The maximum Gasteiger partial charge on any atom is 0.410 e. The molecule has 1 aromatic carbocycles. The summed E-state index contributed by atoms with van der Waals surface area (Å²) < 4.78 is 10.1. The number of rotatable bonds is 2. The van der Waals surface area contributed by atoms with Gasteiger partial charge in [0.05, 0.1) is 23.7 Å². The van der Waals surface area contributed by atoms with E-state index in [0.717, 1.165) is 5.56 Å². The number of halogens is 1. The van der Waals surface area contributed by atoms with Gasteiger partial charge in [0, 0.05) is 19.6 Å². The number of benzene rings is 1. The number of hydrogen-bond donors (Lipinski definition) is 1. The zero-order valence-corrected chi connectivity index (χ0v) is 15.1. The largest absolute Gasteiger partial charge is 0.465 e. The first-order valence-corrected chi connectivity index (χ1v) is 8.18. The number of nitrogens with one attached hydrogen (secondary N) is 1. The number of carbonyl (C=O) groups excluding carboxylic acids is 2. The molecular weight excluding hydrogens is 332 g/mol. The number of esters is 1. The monoisotopic (exact) mass is 354 g/mol. The van der Waals surface area contributed by atoms with Gasteiger partial charge in [-0.15, -0.1) is 0 Å². The highest BCUT2D eigenvalue weighted by molar-refractivity contribution is 6.33. The lowest BCUT2D eigenvalue weighted by Crippen LogP contribution is -2.49. The smallest absolute Gasteiger partial charge is 0.410 e. The summed E-state index contributed by atoms with van der Waals surface area (Å²) in [6, 6.07) is 5.10. The van der Waals surface area contributed by atoms with E-state index in [0.29, 0.717) is 30.2 Å². The maximum atomic E-state index is 12.2. The minimum atomic E-state index is -0.525. The average molecular weight is 355 g/mol. The van der Waals surface area contributed by atoms with Crippen LogP contribution in [0.5, 0.6) is 0 Å². The third kappa shape index (κ3) is 4.61. The molecule has 1 saturated heterocycles. The molecular formula is C17H23ClN2O4. The van der Waals surface area contributed by atoms with Crippen LogP contribution in [0.4, 0.5) is 4.79 Å². The first-order valence-electron chi connectivity index (χ1n) is 7.80. The van der Waals surface area contributed by atoms with Crippen LogP contribution in [0, 0.1) is 0 Å². The molecule has 7 heteroatoms. The Balaban J connectivity index is 2.11. The average Bonchev–Trinajstić information content (AvgIpc) is 2.52. The fraction of sp³-hybridized carbons (Fsp3) is 0.529. The minimum absolute atomic E-state index is 0.0736. The van der Waals surface area contributed by atoms with E-state index in [-0.39, 0.29) is 12.1 Å². The van der Waals surface area contributed by atoms with Gasteiger partial charge in [0.1, 0.15) is 5.60 Å². The standard InChI is InChI=1S/C17H23ClN2O4/c1-17(2,3)24-16(22)20-8-7-19-14(10-20)11-5-6-12(13(18)9-11)15(21)23-4/h5-6,9,14,19H,7-8,10H2,1-4H3. The van der Waals surface area contributed by atoms with Crippen LogP contribution in [0.25, 0.3) is 0 Å². The van der Waals surface area contributed by atoms with Crippen LogP contribution in [0.15, 0.2) is 18.2 Å². The van der Waals surface area contributed by atoms with Gasteiger partial charge in [-0.2, -0.15) is 0 Å². The SMILES string of the molecule is COC(=O)c1ccc(C2CN(C(=O)OC(C)(C)C)CCN2)cc1Cl. The quantitative estimate of drug-likeness (QED) is 0.827. The number of amides is 1. The number of piperazine rings is 1. The van der Waals surface area contributed by atoms with E-state index < -0.39 is 11.6 Å². The van der Waals surface area contributed by atoms with E-state index in [4.69, 9.17) is 16.3 Å². The molecule has 0 bridgehead atoms. The van der Waals surface area contributed by atoms with Crippen molar-refractivity contribution in [3.63, 3.8) is 0 Å². The molecule has 24 heavy (non-hydrogen) atoms. The number of ether oxygens (including phenoxy) is 2. The number of methoxy groups -OCH3 is 1. The maximum absolute atomic E-state index is 12.2. The van der Waals surface area contributed by atoms with Crippen LogP contribution in [0.2, 0.25) is 5.02 Å². The van der Waals surface area contributed by atoms with Crippen molar-refractivity contribution in [1.82, 2.24) is 10.2 Å². The van der Waals surface area contributed by atoms with Gasteiger partial charge in [0.15, 0.2) is 0 Å². The van der Waals surface area contributed by atoms with Gasteiger partial charge < -0.3 is 19.7 Å². The van der Waals surface area contributed by atoms with Crippen LogP contribution in [0.1, 0.15) is 42.7 Å². The third-order valence-electron chi connectivity index (χ3n) is 3.63. The molecule has 1 aromatic rings. The van der Waals surface area contributed by atoms with Gasteiger partial charge in [-0.25, -0.2) is 9.59 Å². The highest BCUT2D eigenvalue weighted by Crippen LogP contribution is 2.25. The first-order chi connectivity index (χ1) is 11.2. The highest BCUT2D eigenvalue weighted by atomic mass is 35.5. The minimum Gasteiger partial charge on any atom is -0.465 e. The van der Waals surface area contributed by atoms with Crippen molar-refractivity contribution in [2.75, 3.05) is 26.7 Å². The van der Waals surface area contributed by atoms with Gasteiger partial charge in [0.25, 0.3) is 0 Å². The van der Waals surface area contributed by atoms with Crippen molar-refractivity contribution in [2.24, 2.45) is 0 Å². The molecule has 1 aliphatic rings. The van der Waals surface area contributed by atoms with Gasteiger partial charge in [-0.1, -0.05) is 17.7 Å². The van der Waals surface area contributed by atoms with E-state index in [9.17, 15) is 9.59 Å². The predicted molar refractivity (Wildman–Crippen MR) is 91.3 cm³/mol. The molecule has 1 fully saturated rings. The normalized spacial score (nSPS) is 18.2. The zero-order chi connectivity index (χ0) is 17.9.